The number of hydrogen-bond acceptors (Lipinski definition) is 6. The second-order valence-electron chi connectivity index (χ2n) is 4.81. The van der Waals surface area contributed by atoms with E-state index in [2.05, 4.69) is 20.5 Å². The number of nitrogens with one attached hydrogen (secondary N) is 2. The fourth-order valence-electron chi connectivity index (χ4n) is 2.15. The van der Waals surface area contributed by atoms with Crippen molar-refractivity contribution in [2.75, 3.05) is 36.8 Å². The van der Waals surface area contributed by atoms with Gasteiger partial charge in [-0.1, -0.05) is 11.3 Å². The van der Waals surface area contributed by atoms with Gasteiger partial charge >= 0.3 is 6.03 Å². The predicted octanol–water partition coefficient (Wildman–Crippen LogP) is 0.114. The van der Waals surface area contributed by atoms with Crippen LogP contribution in [0.4, 0.5) is 15.7 Å². The van der Waals surface area contributed by atoms with E-state index in [0.29, 0.717) is 4.88 Å². The molecule has 1 aliphatic heterocycles. The van der Waals surface area contributed by atoms with Crippen molar-refractivity contribution in [3.8, 4) is 0 Å². The van der Waals surface area contributed by atoms with Crippen molar-refractivity contribution >= 4 is 34.2 Å². The molecule has 2 heterocycles. The molecular formula is C12H20N6O2S. The average molecular weight is 312 g/mol. The van der Waals surface area contributed by atoms with Crippen LogP contribution in [-0.4, -0.2) is 43.1 Å². The molecule has 0 atom stereocenters. The minimum Gasteiger partial charge on any atom is -0.382 e. The average Bonchev–Trinajstić information content (AvgIpc) is 2.86. The van der Waals surface area contributed by atoms with Gasteiger partial charge in [0.05, 0.1) is 0 Å². The first-order chi connectivity index (χ1) is 10.1. The second-order valence-corrected chi connectivity index (χ2v) is 5.78. The summed E-state index contributed by atoms with van der Waals surface area (Å²) in [7, 11) is 0. The van der Waals surface area contributed by atoms with Crippen LogP contribution in [0.2, 0.25) is 0 Å². The molecule has 0 radical (unpaired) electrons. The van der Waals surface area contributed by atoms with Gasteiger partial charge < -0.3 is 27.0 Å². The van der Waals surface area contributed by atoms with Gasteiger partial charge in [0.1, 0.15) is 10.7 Å². The van der Waals surface area contributed by atoms with Crippen LogP contribution >= 0.6 is 11.3 Å². The molecule has 1 saturated heterocycles. The molecule has 0 bridgehead atoms. The number of carbonyl (C=O) groups excluding carboxylic acids is 2. The molecule has 0 aliphatic carbocycles. The number of nitrogens with two attached hydrogens (primary N) is 2. The Bertz CT molecular complexity index is 512. The predicted molar refractivity (Wildman–Crippen MR) is 82.5 cm³/mol. The van der Waals surface area contributed by atoms with Crippen molar-refractivity contribution in [1.82, 2.24) is 15.6 Å². The minimum absolute atomic E-state index is 0.251. The van der Waals surface area contributed by atoms with E-state index >= 15 is 0 Å². The summed E-state index contributed by atoms with van der Waals surface area (Å²) in [5.74, 6) is -0.0273. The third-order valence-electron chi connectivity index (χ3n) is 3.18. The Morgan fingerprint density at radius 3 is 2.52 bits per heavy atom. The highest BCUT2D eigenvalue weighted by Crippen LogP contribution is 2.29. The lowest BCUT2D eigenvalue weighted by Gasteiger charge is -2.25. The summed E-state index contributed by atoms with van der Waals surface area (Å²) in [6.07, 6.45) is 3.51. The molecule has 3 amide bonds. The summed E-state index contributed by atoms with van der Waals surface area (Å²) in [5, 5.41) is 5.87. The van der Waals surface area contributed by atoms with Crippen LogP contribution < -0.4 is 27.0 Å². The SMILES string of the molecule is NC(=O)NCCNC(=O)c1sc(N2CCCCC2)nc1N. The van der Waals surface area contributed by atoms with Crippen LogP contribution in [0, 0.1) is 0 Å². The monoisotopic (exact) mass is 312 g/mol. The Morgan fingerprint density at radius 2 is 1.86 bits per heavy atom. The fraction of sp³-hybridized carbons (Fsp3) is 0.583. The maximum atomic E-state index is 12.0. The Labute approximate surface area is 126 Å². The first kappa shape index (κ1) is 15.4. The zero-order valence-corrected chi connectivity index (χ0v) is 12.5. The second kappa shape index (κ2) is 7.11. The van der Waals surface area contributed by atoms with Crippen LogP contribution in [0.1, 0.15) is 28.9 Å². The van der Waals surface area contributed by atoms with Gasteiger partial charge in [0.2, 0.25) is 0 Å². The number of nitrogens with zero attached hydrogens (tertiary/aromatic N) is 2. The Hall–Kier alpha value is -2.03. The van der Waals surface area contributed by atoms with Gasteiger partial charge in [-0.2, -0.15) is 0 Å². The number of rotatable bonds is 5. The molecule has 9 heteroatoms. The van der Waals surface area contributed by atoms with Crippen molar-refractivity contribution in [2.24, 2.45) is 5.73 Å². The molecule has 0 aromatic carbocycles. The number of aromatic nitrogens is 1. The highest BCUT2D eigenvalue weighted by Gasteiger charge is 2.20. The number of urea groups is 1. The van der Waals surface area contributed by atoms with Crippen LogP contribution in [0.5, 0.6) is 0 Å². The molecule has 0 unspecified atom stereocenters. The molecule has 1 fully saturated rings. The van der Waals surface area contributed by atoms with Crippen molar-refractivity contribution in [3.05, 3.63) is 4.88 Å². The van der Waals surface area contributed by atoms with E-state index < -0.39 is 6.03 Å². The highest BCUT2D eigenvalue weighted by atomic mass is 32.1. The molecule has 1 aromatic heterocycles. The van der Waals surface area contributed by atoms with Crippen molar-refractivity contribution in [1.29, 1.82) is 0 Å². The number of amides is 3. The van der Waals surface area contributed by atoms with E-state index in [9.17, 15) is 9.59 Å². The molecule has 1 aromatic rings. The zero-order valence-electron chi connectivity index (χ0n) is 11.7. The Morgan fingerprint density at radius 1 is 1.19 bits per heavy atom. The van der Waals surface area contributed by atoms with E-state index in [0.717, 1.165) is 31.1 Å². The largest absolute Gasteiger partial charge is 0.382 e. The molecule has 6 N–H and O–H groups in total. The number of hydrogen-bond donors (Lipinski definition) is 4. The maximum absolute atomic E-state index is 12.0. The normalized spacial score (nSPS) is 14.8. The van der Waals surface area contributed by atoms with Gasteiger partial charge in [-0.25, -0.2) is 9.78 Å². The maximum Gasteiger partial charge on any atom is 0.312 e. The number of thiazole rings is 1. The number of anilines is 2. The third-order valence-corrected chi connectivity index (χ3v) is 4.32. The van der Waals surface area contributed by atoms with E-state index in [1.54, 1.807) is 0 Å². The lowest BCUT2D eigenvalue weighted by atomic mass is 10.1. The topological polar surface area (TPSA) is 126 Å². The van der Waals surface area contributed by atoms with Crippen molar-refractivity contribution in [2.45, 2.75) is 19.3 Å². The molecule has 8 nitrogen and oxygen atoms in total. The van der Waals surface area contributed by atoms with Crippen molar-refractivity contribution in [3.63, 3.8) is 0 Å². The summed E-state index contributed by atoms with van der Waals surface area (Å²) >= 11 is 1.30. The van der Waals surface area contributed by atoms with E-state index in [1.165, 1.54) is 17.8 Å². The smallest absolute Gasteiger partial charge is 0.312 e. The first-order valence-corrected chi connectivity index (χ1v) is 7.72. The molecule has 0 spiro atoms. The minimum atomic E-state index is -0.617. The number of piperidine rings is 1. The number of nitrogen functional groups attached to an aromatic ring is 1. The van der Waals surface area contributed by atoms with E-state index in [1.807, 2.05) is 0 Å². The van der Waals surface area contributed by atoms with Crippen LogP contribution in [0.15, 0.2) is 0 Å². The van der Waals surface area contributed by atoms with Crippen LogP contribution in [0.3, 0.4) is 0 Å². The third kappa shape index (κ3) is 4.22. The molecule has 1 aliphatic rings. The molecular weight excluding hydrogens is 292 g/mol. The number of carbonyl (C=O) groups is 2. The molecule has 116 valence electrons. The van der Waals surface area contributed by atoms with E-state index in [-0.39, 0.29) is 24.8 Å². The quantitative estimate of drug-likeness (QED) is 0.574. The Kier molecular flexibility index (Phi) is 5.20. The summed E-state index contributed by atoms with van der Waals surface area (Å²) in [5.41, 5.74) is 10.8. The van der Waals surface area contributed by atoms with Crippen molar-refractivity contribution < 1.29 is 9.59 Å². The Balaban J connectivity index is 1.91. The van der Waals surface area contributed by atoms with E-state index in [4.69, 9.17) is 11.5 Å². The summed E-state index contributed by atoms with van der Waals surface area (Å²) < 4.78 is 0. The van der Waals surface area contributed by atoms with Gasteiger partial charge in [-0.3, -0.25) is 4.79 Å². The highest BCUT2D eigenvalue weighted by molar-refractivity contribution is 7.18. The van der Waals surface area contributed by atoms with Gasteiger partial charge in [-0.05, 0) is 19.3 Å². The number of primary amides is 1. The standard InChI is InChI=1S/C12H20N6O2S/c13-9-8(10(19)15-4-5-16-11(14)20)21-12(17-9)18-6-2-1-3-7-18/h1-7,13H2,(H,15,19)(H3,14,16,20). The van der Waals surface area contributed by atoms with Gasteiger partial charge in [0, 0.05) is 26.2 Å². The lowest BCUT2D eigenvalue weighted by molar-refractivity contribution is 0.0958. The molecule has 0 saturated carbocycles. The van der Waals surface area contributed by atoms with Gasteiger partial charge in [0.15, 0.2) is 5.13 Å². The first-order valence-electron chi connectivity index (χ1n) is 6.90. The summed E-state index contributed by atoms with van der Waals surface area (Å²) in [6.45, 7) is 2.48. The molecule has 2 rings (SSSR count). The zero-order chi connectivity index (χ0) is 15.2. The van der Waals surface area contributed by atoms with Crippen LogP contribution in [-0.2, 0) is 0 Å². The summed E-state index contributed by atoms with van der Waals surface area (Å²) in [6, 6.07) is -0.617. The lowest BCUT2D eigenvalue weighted by Crippen LogP contribution is -2.37. The van der Waals surface area contributed by atoms with Gasteiger partial charge in [-0.15, -0.1) is 0 Å². The fourth-order valence-corrected chi connectivity index (χ4v) is 3.10. The van der Waals surface area contributed by atoms with Gasteiger partial charge in [0.25, 0.3) is 5.91 Å². The molecule has 21 heavy (non-hydrogen) atoms. The summed E-state index contributed by atoms with van der Waals surface area (Å²) in [4.78, 5) is 29.4. The van der Waals surface area contributed by atoms with Crippen LogP contribution in [0.25, 0.3) is 0 Å².